The van der Waals surface area contributed by atoms with E-state index in [4.69, 9.17) is 14.7 Å². The maximum Gasteiger partial charge on any atom is 0.410 e. The first-order valence-corrected chi connectivity index (χ1v) is 41.8. The summed E-state index contributed by atoms with van der Waals surface area (Å²) in [7, 11) is 5.22. The van der Waals surface area contributed by atoms with Crippen LogP contribution in [0.3, 0.4) is 0 Å². The highest BCUT2D eigenvalue weighted by Gasteiger charge is 2.40. The fraction of sp³-hybridized carbons (Fsp3) is 0.427. The Labute approximate surface area is 691 Å². The SMILES string of the molecule is CCc1c(-c2cc(Nc3ccc(N4CCN(C(=O)OC(C)(C)C)CC4)cn3)c(=O)n(C)c2)ccnc1N1CCn2c(cc3c2CC(C)(C)C3)C1=O.CCc1c(-c2cc(Nc3ccc(N4CCNCC4)cn3)c(=O)n(C)c2)ccnc1N1CCn2c(cc3c2CC(C)(C)C3)C1=O.Cn1cc(Br)cc(Nc2ccc(N3CCCCC3)cn2)c1=O. The van der Waals surface area contributed by atoms with Gasteiger partial charge in [0.05, 0.1) is 35.7 Å². The van der Waals surface area contributed by atoms with Crippen LogP contribution in [-0.4, -0.2) is 155 Å². The molecule has 15 heterocycles. The van der Waals surface area contributed by atoms with Crippen molar-refractivity contribution in [3.8, 4) is 22.3 Å². The molecule has 2 aliphatic carbocycles. The lowest BCUT2D eigenvalue weighted by Crippen LogP contribution is -2.50. The first kappa shape index (κ1) is 80.8. The van der Waals surface area contributed by atoms with Gasteiger partial charge in [0.15, 0.2) is 0 Å². The number of hydrogen-bond donors (Lipinski definition) is 4. The van der Waals surface area contributed by atoms with Gasteiger partial charge in [-0.2, -0.15) is 0 Å². The second-order valence-corrected chi connectivity index (χ2v) is 35.1. The Kier molecular flexibility index (Phi) is 23.0. The number of halogens is 1. The van der Waals surface area contributed by atoms with Crippen LogP contribution in [0.15, 0.2) is 147 Å². The molecule has 0 aromatic carbocycles. The van der Waals surface area contributed by atoms with E-state index in [0.29, 0.717) is 98.3 Å². The largest absolute Gasteiger partial charge is 0.444 e. The van der Waals surface area contributed by atoms with Crippen LogP contribution >= 0.6 is 15.9 Å². The summed E-state index contributed by atoms with van der Waals surface area (Å²) in [4.78, 5) is 114. The second-order valence-electron chi connectivity index (χ2n) is 34.2. The quantitative estimate of drug-likeness (QED) is 0.0743. The Balaban J connectivity index is 0.000000147. The van der Waals surface area contributed by atoms with Crippen molar-refractivity contribution < 1.29 is 19.1 Å². The van der Waals surface area contributed by atoms with Crippen molar-refractivity contribution in [2.75, 3.05) is 119 Å². The highest BCUT2D eigenvalue weighted by molar-refractivity contribution is 9.10. The Morgan fingerprint density at radius 2 is 0.897 bits per heavy atom. The van der Waals surface area contributed by atoms with Gasteiger partial charge in [-0.05, 0) is 206 Å². The highest BCUT2D eigenvalue weighted by Crippen LogP contribution is 2.43. The molecule has 3 amide bonds. The van der Waals surface area contributed by atoms with E-state index in [2.05, 4.69) is 136 Å². The molecule has 4 N–H and O–H groups in total. The fourth-order valence-electron chi connectivity index (χ4n) is 17.5. The number of hydrogen-bond acceptors (Lipinski definition) is 19. The van der Waals surface area contributed by atoms with Gasteiger partial charge in [-0.3, -0.25) is 33.8 Å². The minimum atomic E-state index is -0.527. The predicted octanol–water partition coefficient (Wildman–Crippen LogP) is 13.2. The zero-order valence-electron chi connectivity index (χ0n) is 69.3. The van der Waals surface area contributed by atoms with Crippen LogP contribution < -0.4 is 62.4 Å². The van der Waals surface area contributed by atoms with E-state index in [0.717, 1.165) is 144 Å². The van der Waals surface area contributed by atoms with Crippen molar-refractivity contribution in [1.29, 1.82) is 0 Å². The van der Waals surface area contributed by atoms with Crippen LogP contribution in [0, 0.1) is 10.8 Å². The highest BCUT2D eigenvalue weighted by atomic mass is 79.9. The fourth-order valence-corrected chi connectivity index (χ4v) is 18.0. The molecule has 10 aromatic rings. The van der Waals surface area contributed by atoms with Crippen molar-refractivity contribution in [3.63, 3.8) is 0 Å². The van der Waals surface area contributed by atoms with Crippen LogP contribution in [0.4, 0.5) is 68.0 Å². The zero-order chi connectivity index (χ0) is 82.4. The van der Waals surface area contributed by atoms with Gasteiger partial charge in [0.1, 0.15) is 63.1 Å². The van der Waals surface area contributed by atoms with E-state index in [1.807, 2.05) is 110 Å². The summed E-state index contributed by atoms with van der Waals surface area (Å²) in [5, 5.41) is 13.0. The standard InChI is InChI=1S/C39H48N8O4.C34H40N8O2.C16H19BrN4O/c1-8-28-29(11-12-40-34(28)47-18-17-46-31(36(47)49)20-25-21-39(5,6)22-32(25)46)26-19-30(35(48)43(7)24-26)42-33-10-9-27(23-41-33)44-13-15-45(16-14-44)37(50)51-38(2,3)4;1-5-25-26(8-9-36-31(25)42-15-14-41-28(33(42)44)17-22-18-34(2,3)19-29(22)41)23-16-27(32(43)39(4)21-23)38-30-7-6-24(20-37-30)40-12-10-35-11-13-40;1-20-11-12(17)9-14(16(20)22)19-15-6-5-13(10-18-15)21-7-3-2-4-8-21/h9-12,19-20,23-24H,8,13-18,21-22H2,1-7H3,(H,41,42);6-9,16-17,20-21,35H,5,10-15,18-19H2,1-4H3,(H,37,38);5-6,9-11H,2-4,7-8H2,1H3,(H,18,19). The third kappa shape index (κ3) is 17.4. The average molecular weight is 1650 g/mol. The van der Waals surface area contributed by atoms with Crippen molar-refractivity contribution in [3.05, 3.63) is 209 Å². The van der Waals surface area contributed by atoms with Crippen molar-refractivity contribution in [1.82, 2.24) is 58.0 Å². The molecule has 0 radical (unpaired) electrons. The van der Waals surface area contributed by atoms with Crippen LogP contribution in [0.2, 0.25) is 0 Å². The van der Waals surface area contributed by atoms with Crippen LogP contribution in [-0.2, 0) is 77.5 Å². The lowest BCUT2D eigenvalue weighted by Gasteiger charge is -2.36. The molecule has 5 aliphatic heterocycles. The molecular weight excluding hydrogens is 1540 g/mol. The van der Waals surface area contributed by atoms with Gasteiger partial charge in [0, 0.05) is 182 Å². The zero-order valence-corrected chi connectivity index (χ0v) is 70.9. The molecule has 117 heavy (non-hydrogen) atoms. The Morgan fingerprint density at radius 1 is 0.487 bits per heavy atom. The van der Waals surface area contributed by atoms with E-state index in [1.165, 1.54) is 46.3 Å². The van der Waals surface area contributed by atoms with Crippen LogP contribution in [0.1, 0.15) is 136 Å². The maximum absolute atomic E-state index is 13.9. The summed E-state index contributed by atoms with van der Waals surface area (Å²) in [6, 6.07) is 25.4. The van der Waals surface area contributed by atoms with Gasteiger partial charge < -0.3 is 68.4 Å². The first-order chi connectivity index (χ1) is 56.1. The van der Waals surface area contributed by atoms with Gasteiger partial charge in [0.25, 0.3) is 28.5 Å². The summed E-state index contributed by atoms with van der Waals surface area (Å²) in [6.45, 7) is 30.0. The monoisotopic (exact) mass is 1650 g/mol. The molecular formula is C89H107BrN20O7. The van der Waals surface area contributed by atoms with Crippen LogP contribution in [0.5, 0.6) is 0 Å². The van der Waals surface area contributed by atoms with Gasteiger partial charge in [-0.25, -0.2) is 29.7 Å². The van der Waals surface area contributed by atoms with E-state index >= 15 is 0 Å². The molecule has 0 atom stereocenters. The van der Waals surface area contributed by atoms with Crippen molar-refractivity contribution in [2.24, 2.45) is 32.0 Å². The van der Waals surface area contributed by atoms with Crippen LogP contribution in [0.25, 0.3) is 22.3 Å². The molecule has 7 aliphatic rings. The third-order valence-corrected chi connectivity index (χ3v) is 23.6. The number of pyridine rings is 8. The molecule has 0 saturated carbocycles. The Bertz CT molecular complexity index is 5580. The number of carbonyl (C=O) groups excluding carboxylic acids is 3. The molecule has 0 unspecified atom stereocenters. The number of aromatic nitrogens is 10. The maximum atomic E-state index is 13.9. The smallest absolute Gasteiger partial charge is 0.410 e. The summed E-state index contributed by atoms with van der Waals surface area (Å²) in [5.74, 6) is 3.18. The van der Waals surface area contributed by atoms with Gasteiger partial charge >= 0.3 is 6.09 Å². The molecule has 0 bridgehead atoms. The number of carbonyl (C=O) groups is 3. The lowest BCUT2D eigenvalue weighted by atomic mass is 9.90. The van der Waals surface area contributed by atoms with E-state index in [1.54, 1.807) is 66.0 Å². The molecule has 17 rings (SSSR count). The minimum absolute atomic E-state index is 0.000890. The molecule has 28 heteroatoms. The molecule has 10 aromatic heterocycles. The van der Waals surface area contributed by atoms with Gasteiger partial charge in [0.2, 0.25) is 0 Å². The number of rotatable bonds is 15. The molecule has 3 saturated heterocycles. The summed E-state index contributed by atoms with van der Waals surface area (Å²) in [5.41, 5.74) is 16.3. The number of nitrogens with zero attached hydrogens (tertiary/aromatic N) is 16. The molecule has 0 spiro atoms. The lowest BCUT2D eigenvalue weighted by molar-refractivity contribution is 0.0240. The van der Waals surface area contributed by atoms with Gasteiger partial charge in [-0.1, -0.05) is 41.5 Å². The van der Waals surface area contributed by atoms with E-state index < -0.39 is 5.60 Å². The summed E-state index contributed by atoms with van der Waals surface area (Å²) in [6.07, 6.45) is 23.3. The van der Waals surface area contributed by atoms with E-state index in [-0.39, 0.29) is 45.4 Å². The van der Waals surface area contributed by atoms with Crippen molar-refractivity contribution >= 4 is 97.1 Å². The molecule has 612 valence electrons. The Morgan fingerprint density at radius 3 is 1.31 bits per heavy atom. The topological polar surface area (TPSA) is 268 Å². The van der Waals surface area contributed by atoms with E-state index in [9.17, 15) is 28.8 Å². The van der Waals surface area contributed by atoms with Crippen molar-refractivity contribution in [2.45, 2.75) is 139 Å². The van der Waals surface area contributed by atoms with Gasteiger partial charge in [-0.15, -0.1) is 0 Å². The normalized spacial score (nSPS) is 16.8. The number of fused-ring (bicyclic) bond motifs is 6. The number of anilines is 11. The number of piperazine rings is 2. The number of amides is 3. The second kappa shape index (κ2) is 33.3. The predicted molar refractivity (Wildman–Crippen MR) is 466 cm³/mol. The molecule has 27 nitrogen and oxygen atoms in total. The average Bonchev–Trinajstić information content (AvgIpc) is 1.62. The third-order valence-electron chi connectivity index (χ3n) is 23.2. The minimum Gasteiger partial charge on any atom is -0.444 e. The number of piperidine rings is 1. The number of aryl methyl sites for hydroxylation is 3. The number of nitrogens with one attached hydrogen (secondary N) is 4. The Hall–Kier alpha value is -11.4. The number of ether oxygens (including phenoxy) is 1. The first-order valence-electron chi connectivity index (χ1n) is 41.0. The summed E-state index contributed by atoms with van der Waals surface area (Å²) >= 11 is 3.40. The molecule has 3 fully saturated rings. The summed E-state index contributed by atoms with van der Waals surface area (Å²) < 4.78 is 15.5.